The Kier molecular flexibility index (Phi) is 6.91. The second-order valence-electron chi connectivity index (χ2n) is 9.06. The lowest BCUT2D eigenvalue weighted by Crippen LogP contribution is -2.43. The molecule has 5 rings (SSSR count). The number of methoxy groups -OCH3 is 1. The van der Waals surface area contributed by atoms with Crippen LogP contribution in [0.15, 0.2) is 81.7 Å². The molecule has 38 heavy (non-hydrogen) atoms. The van der Waals surface area contributed by atoms with Crippen LogP contribution in [-0.4, -0.2) is 40.7 Å². The summed E-state index contributed by atoms with van der Waals surface area (Å²) in [5.41, 5.74) is 2.23. The van der Waals surface area contributed by atoms with Gasteiger partial charge in [0.2, 0.25) is 0 Å². The normalized spacial score (nSPS) is 15.4. The van der Waals surface area contributed by atoms with Crippen molar-refractivity contribution in [2.24, 2.45) is 4.99 Å². The molecule has 1 amide bonds. The molecule has 0 aliphatic carbocycles. The van der Waals surface area contributed by atoms with Crippen LogP contribution in [0, 0.1) is 0 Å². The summed E-state index contributed by atoms with van der Waals surface area (Å²) in [5.74, 6) is 0.558. The van der Waals surface area contributed by atoms with Crippen LogP contribution in [-0.2, 0) is 4.79 Å². The Hall–Kier alpha value is -4.17. The molecule has 1 N–H and O–H groups in total. The number of rotatable bonds is 6. The molecule has 0 saturated heterocycles. The Morgan fingerprint density at radius 1 is 1.13 bits per heavy atom. The average Bonchev–Trinajstić information content (AvgIpc) is 3.21. The summed E-state index contributed by atoms with van der Waals surface area (Å²) in [6.07, 6.45) is 1.74. The molecule has 0 radical (unpaired) electrons. The summed E-state index contributed by atoms with van der Waals surface area (Å²) in [6, 6.07) is 17.8. The van der Waals surface area contributed by atoms with Gasteiger partial charge >= 0.3 is 0 Å². The second kappa shape index (κ2) is 10.3. The van der Waals surface area contributed by atoms with E-state index in [4.69, 9.17) is 9.73 Å². The molecule has 0 bridgehead atoms. The summed E-state index contributed by atoms with van der Waals surface area (Å²) in [4.78, 5) is 35.0. The van der Waals surface area contributed by atoms with E-state index in [2.05, 4.69) is 0 Å². The maximum Gasteiger partial charge on any atom is 0.271 e. The molecular weight excluding hydrogens is 498 g/mol. The lowest BCUT2D eigenvalue weighted by Gasteiger charge is -2.30. The third-order valence-electron chi connectivity index (χ3n) is 6.89. The van der Waals surface area contributed by atoms with Crippen LogP contribution in [0.5, 0.6) is 11.5 Å². The van der Waals surface area contributed by atoms with Gasteiger partial charge in [0, 0.05) is 18.7 Å². The number of benzene rings is 3. The first-order chi connectivity index (χ1) is 18.4. The monoisotopic (exact) mass is 527 g/mol. The summed E-state index contributed by atoms with van der Waals surface area (Å²) in [6.45, 7) is 6.78. The number of ether oxygens (including phenoxy) is 1. The maximum absolute atomic E-state index is 14.0. The number of likely N-dealkylation sites (N-methyl/N-ethyl adjacent to an activating group) is 1. The highest BCUT2D eigenvalue weighted by Gasteiger charge is 2.36. The minimum atomic E-state index is -0.730. The standard InChI is InChI=1S/C30H29N3O4S/c1-5-32(6-2)29(36)25-18(3)31-30-33(28(35)24(38-30)17-19-10-9-12-21(34)16-19)27(25)26-22-13-8-7-11-20(22)14-15-23(26)37-4/h7-17,27,34H,5-6H2,1-4H3/b24-17+/t27-/m0/s1. The van der Waals surface area contributed by atoms with E-state index in [0.717, 1.165) is 16.3 Å². The van der Waals surface area contributed by atoms with Crippen LogP contribution in [0.1, 0.15) is 37.9 Å². The summed E-state index contributed by atoms with van der Waals surface area (Å²) in [5, 5.41) is 11.8. The number of phenols is 1. The van der Waals surface area contributed by atoms with E-state index in [1.807, 2.05) is 63.2 Å². The number of fused-ring (bicyclic) bond motifs is 2. The van der Waals surface area contributed by atoms with Crippen LogP contribution in [0.4, 0.5) is 0 Å². The van der Waals surface area contributed by atoms with Gasteiger partial charge in [-0.25, -0.2) is 4.99 Å². The van der Waals surface area contributed by atoms with Crippen molar-refractivity contribution in [2.75, 3.05) is 20.2 Å². The molecule has 8 heteroatoms. The Balaban J connectivity index is 1.86. The fraction of sp³-hybridized carbons (Fsp3) is 0.233. The average molecular weight is 528 g/mol. The molecule has 0 spiro atoms. The van der Waals surface area contributed by atoms with Crippen molar-refractivity contribution in [1.82, 2.24) is 9.47 Å². The second-order valence-corrected chi connectivity index (χ2v) is 10.1. The molecule has 1 aliphatic rings. The number of amides is 1. The summed E-state index contributed by atoms with van der Waals surface area (Å²) < 4.78 is 7.91. The zero-order chi connectivity index (χ0) is 27.0. The molecule has 4 aromatic rings. The molecule has 7 nitrogen and oxygen atoms in total. The van der Waals surface area contributed by atoms with Crippen molar-refractivity contribution in [3.8, 4) is 11.5 Å². The van der Waals surface area contributed by atoms with E-state index in [-0.39, 0.29) is 17.2 Å². The number of hydrogen-bond donors (Lipinski definition) is 1. The lowest BCUT2D eigenvalue weighted by atomic mass is 9.90. The number of aromatic hydroxyl groups is 1. The van der Waals surface area contributed by atoms with E-state index >= 15 is 0 Å². The number of allylic oxidation sites excluding steroid dienone is 1. The van der Waals surface area contributed by atoms with Gasteiger partial charge in [0.15, 0.2) is 4.80 Å². The van der Waals surface area contributed by atoms with Crippen molar-refractivity contribution in [1.29, 1.82) is 0 Å². The van der Waals surface area contributed by atoms with E-state index in [1.54, 1.807) is 40.9 Å². The van der Waals surface area contributed by atoms with Crippen LogP contribution >= 0.6 is 11.3 Å². The number of thiazole rings is 1. The first-order valence-corrected chi connectivity index (χ1v) is 13.4. The molecular formula is C30H29N3O4S. The highest BCUT2D eigenvalue weighted by Crippen LogP contribution is 2.40. The van der Waals surface area contributed by atoms with Crippen LogP contribution in [0.25, 0.3) is 16.8 Å². The number of carbonyl (C=O) groups is 1. The van der Waals surface area contributed by atoms with Gasteiger partial charge in [-0.05, 0) is 61.4 Å². The fourth-order valence-electron chi connectivity index (χ4n) is 5.05. The van der Waals surface area contributed by atoms with Crippen molar-refractivity contribution in [2.45, 2.75) is 26.8 Å². The molecule has 0 unspecified atom stereocenters. The molecule has 3 aromatic carbocycles. The van der Waals surface area contributed by atoms with Gasteiger partial charge in [-0.3, -0.25) is 14.2 Å². The zero-order valence-corrected chi connectivity index (χ0v) is 22.6. The number of phenolic OH excluding ortho intramolecular Hbond substituents is 1. The highest BCUT2D eigenvalue weighted by molar-refractivity contribution is 7.07. The number of aromatic nitrogens is 1. The lowest BCUT2D eigenvalue weighted by molar-refractivity contribution is -0.127. The van der Waals surface area contributed by atoms with Crippen LogP contribution in [0.3, 0.4) is 0 Å². The third kappa shape index (κ3) is 4.31. The van der Waals surface area contributed by atoms with Gasteiger partial charge < -0.3 is 14.7 Å². The SMILES string of the molecule is CCN(CC)C(=O)C1=C(C)N=c2s/c(=C/c3cccc(O)c3)c(=O)n2[C@@H]1c1c(OC)ccc2ccccc12. The predicted molar refractivity (Wildman–Crippen MR) is 150 cm³/mol. The largest absolute Gasteiger partial charge is 0.508 e. The first-order valence-electron chi connectivity index (χ1n) is 12.5. The topological polar surface area (TPSA) is 84.1 Å². The molecule has 2 heterocycles. The zero-order valence-electron chi connectivity index (χ0n) is 21.8. The van der Waals surface area contributed by atoms with Crippen molar-refractivity contribution >= 4 is 34.1 Å². The van der Waals surface area contributed by atoms with E-state index in [1.165, 1.54) is 11.3 Å². The Bertz CT molecular complexity index is 1760. The summed E-state index contributed by atoms with van der Waals surface area (Å²) in [7, 11) is 1.60. The predicted octanol–water partition coefficient (Wildman–Crippen LogP) is 3.97. The van der Waals surface area contributed by atoms with Crippen molar-refractivity contribution in [3.63, 3.8) is 0 Å². The van der Waals surface area contributed by atoms with E-state index < -0.39 is 6.04 Å². The highest BCUT2D eigenvalue weighted by atomic mass is 32.1. The van der Waals surface area contributed by atoms with E-state index in [9.17, 15) is 14.7 Å². The van der Waals surface area contributed by atoms with Crippen molar-refractivity contribution in [3.05, 3.63) is 103 Å². The van der Waals surface area contributed by atoms with Gasteiger partial charge in [0.05, 0.1) is 22.9 Å². The van der Waals surface area contributed by atoms with Gasteiger partial charge in [-0.2, -0.15) is 0 Å². The van der Waals surface area contributed by atoms with Gasteiger partial charge in [-0.1, -0.05) is 53.8 Å². The summed E-state index contributed by atoms with van der Waals surface area (Å²) >= 11 is 1.26. The third-order valence-corrected chi connectivity index (χ3v) is 7.88. The molecule has 1 atom stereocenters. The molecule has 194 valence electrons. The number of hydrogen-bond acceptors (Lipinski definition) is 6. The van der Waals surface area contributed by atoms with Crippen LogP contribution in [0.2, 0.25) is 0 Å². The van der Waals surface area contributed by atoms with Gasteiger partial charge in [-0.15, -0.1) is 0 Å². The first kappa shape index (κ1) is 25.5. The minimum absolute atomic E-state index is 0.118. The van der Waals surface area contributed by atoms with Crippen molar-refractivity contribution < 1.29 is 14.6 Å². The number of carbonyl (C=O) groups excluding carboxylic acids is 1. The van der Waals surface area contributed by atoms with Gasteiger partial charge in [0.1, 0.15) is 17.5 Å². The number of nitrogens with zero attached hydrogens (tertiary/aromatic N) is 3. The molecule has 0 saturated carbocycles. The van der Waals surface area contributed by atoms with Gasteiger partial charge in [0.25, 0.3) is 11.5 Å². The molecule has 0 fully saturated rings. The maximum atomic E-state index is 14.0. The van der Waals surface area contributed by atoms with E-state index in [0.29, 0.717) is 45.0 Å². The Morgan fingerprint density at radius 2 is 1.89 bits per heavy atom. The smallest absolute Gasteiger partial charge is 0.271 e. The molecule has 1 aromatic heterocycles. The Labute approximate surface area is 224 Å². The quantitative estimate of drug-likeness (QED) is 0.411. The minimum Gasteiger partial charge on any atom is -0.508 e. The van der Waals surface area contributed by atoms with Crippen LogP contribution < -0.4 is 19.6 Å². The molecule has 1 aliphatic heterocycles. The Morgan fingerprint density at radius 3 is 2.61 bits per heavy atom. The fourth-order valence-corrected chi connectivity index (χ4v) is 6.10.